The van der Waals surface area contributed by atoms with Gasteiger partial charge in [-0.25, -0.2) is 0 Å². The summed E-state index contributed by atoms with van der Waals surface area (Å²) in [7, 11) is 0. The Morgan fingerprint density at radius 2 is 1.88 bits per heavy atom. The van der Waals surface area contributed by atoms with Crippen molar-refractivity contribution in [2.24, 2.45) is 0 Å². The first-order valence-corrected chi connectivity index (χ1v) is 9.30. The maximum absolute atomic E-state index is 5.99. The zero-order valence-corrected chi connectivity index (χ0v) is 17.4. The Bertz CT molecular complexity index is 623. The molecular weight excluding hydrogens is 425 g/mol. The molecule has 2 aromatic rings. The van der Waals surface area contributed by atoms with E-state index in [2.05, 4.69) is 27.3 Å². The van der Waals surface area contributed by atoms with Crippen molar-refractivity contribution in [1.82, 2.24) is 5.32 Å². The fourth-order valence-corrected chi connectivity index (χ4v) is 2.77. The van der Waals surface area contributed by atoms with Gasteiger partial charge >= 0.3 is 0 Å². The van der Waals surface area contributed by atoms with Crippen molar-refractivity contribution in [2.45, 2.75) is 26.5 Å². The molecule has 1 N–H and O–H groups in total. The molecule has 0 saturated heterocycles. The van der Waals surface area contributed by atoms with Gasteiger partial charge in [-0.1, -0.05) is 39.7 Å². The summed E-state index contributed by atoms with van der Waals surface area (Å²) < 4.78 is 12.4. The molecule has 2 rings (SSSR count). The second-order valence-corrected chi connectivity index (χ2v) is 6.75. The second-order valence-electron chi connectivity index (χ2n) is 5.39. The molecule has 0 unspecified atom stereocenters. The van der Waals surface area contributed by atoms with Gasteiger partial charge in [0.05, 0.1) is 0 Å². The standard InChI is InChI=1S/C19H23BrClNO2.ClH/c1-2-23-11-3-10-22-13-16-12-17(20)6-9-19(16)24-14-15-4-7-18(21)8-5-15;/h4-9,12,22H,2-3,10-11,13-14H2,1H3;1H. The van der Waals surface area contributed by atoms with E-state index in [-0.39, 0.29) is 12.4 Å². The van der Waals surface area contributed by atoms with Gasteiger partial charge in [-0.05, 0) is 55.8 Å². The van der Waals surface area contributed by atoms with Crippen LogP contribution >= 0.6 is 39.9 Å². The van der Waals surface area contributed by atoms with Crippen LogP contribution in [0.2, 0.25) is 5.02 Å². The van der Waals surface area contributed by atoms with Crippen LogP contribution in [-0.4, -0.2) is 19.8 Å². The summed E-state index contributed by atoms with van der Waals surface area (Å²) in [6.45, 7) is 5.79. The largest absolute Gasteiger partial charge is 0.489 e. The van der Waals surface area contributed by atoms with Gasteiger partial charge in [0.1, 0.15) is 12.4 Å². The van der Waals surface area contributed by atoms with Gasteiger partial charge in [0.25, 0.3) is 0 Å². The van der Waals surface area contributed by atoms with Crippen LogP contribution in [0.3, 0.4) is 0 Å². The highest BCUT2D eigenvalue weighted by Gasteiger charge is 2.05. The van der Waals surface area contributed by atoms with Gasteiger partial charge in [-0.3, -0.25) is 0 Å². The summed E-state index contributed by atoms with van der Waals surface area (Å²) in [6.07, 6.45) is 1.00. The molecule has 0 heterocycles. The summed E-state index contributed by atoms with van der Waals surface area (Å²) in [5.74, 6) is 0.894. The van der Waals surface area contributed by atoms with E-state index in [1.807, 2.05) is 43.3 Å². The summed E-state index contributed by atoms with van der Waals surface area (Å²) in [6, 6.07) is 13.8. The Morgan fingerprint density at radius 3 is 2.60 bits per heavy atom. The molecule has 0 radical (unpaired) electrons. The van der Waals surface area contributed by atoms with E-state index in [0.717, 1.165) is 59.1 Å². The highest BCUT2D eigenvalue weighted by Crippen LogP contribution is 2.24. The summed E-state index contributed by atoms with van der Waals surface area (Å²) in [5, 5.41) is 4.17. The second kappa shape index (κ2) is 12.6. The Labute approximate surface area is 169 Å². The monoisotopic (exact) mass is 447 g/mol. The molecule has 0 fully saturated rings. The van der Waals surface area contributed by atoms with Gasteiger partial charge < -0.3 is 14.8 Å². The van der Waals surface area contributed by atoms with Crippen LogP contribution in [0.4, 0.5) is 0 Å². The molecule has 3 nitrogen and oxygen atoms in total. The third kappa shape index (κ3) is 8.43. The number of benzene rings is 2. The van der Waals surface area contributed by atoms with Crippen molar-refractivity contribution in [3.8, 4) is 5.75 Å². The minimum atomic E-state index is 0. The minimum absolute atomic E-state index is 0. The molecule has 0 aliphatic rings. The van der Waals surface area contributed by atoms with E-state index in [0.29, 0.717) is 6.61 Å². The predicted molar refractivity (Wildman–Crippen MR) is 110 cm³/mol. The number of hydrogen-bond acceptors (Lipinski definition) is 3. The third-order valence-corrected chi connectivity index (χ3v) is 4.24. The Kier molecular flexibility index (Phi) is 11.2. The van der Waals surface area contributed by atoms with E-state index in [9.17, 15) is 0 Å². The quantitative estimate of drug-likeness (QED) is 0.478. The molecule has 2 aromatic carbocycles. The van der Waals surface area contributed by atoms with Gasteiger partial charge in [0.15, 0.2) is 0 Å². The van der Waals surface area contributed by atoms with E-state index in [1.165, 1.54) is 0 Å². The topological polar surface area (TPSA) is 30.5 Å². The van der Waals surface area contributed by atoms with E-state index in [4.69, 9.17) is 21.1 Å². The van der Waals surface area contributed by atoms with Crippen molar-refractivity contribution in [1.29, 1.82) is 0 Å². The van der Waals surface area contributed by atoms with Crippen molar-refractivity contribution < 1.29 is 9.47 Å². The molecule has 0 spiro atoms. The first kappa shape index (κ1) is 22.3. The average molecular weight is 449 g/mol. The molecule has 0 aliphatic carbocycles. The SMILES string of the molecule is CCOCCCNCc1cc(Br)ccc1OCc1ccc(Cl)cc1.Cl. The highest BCUT2D eigenvalue weighted by molar-refractivity contribution is 9.10. The molecule has 138 valence electrons. The predicted octanol–water partition coefficient (Wildman–Crippen LogP) is 5.62. The Morgan fingerprint density at radius 1 is 1.12 bits per heavy atom. The summed E-state index contributed by atoms with van der Waals surface area (Å²) in [5.41, 5.74) is 2.23. The van der Waals surface area contributed by atoms with E-state index >= 15 is 0 Å². The molecule has 0 saturated carbocycles. The summed E-state index contributed by atoms with van der Waals surface area (Å²) >= 11 is 9.44. The van der Waals surface area contributed by atoms with Crippen LogP contribution in [0, 0.1) is 0 Å². The lowest BCUT2D eigenvalue weighted by Crippen LogP contribution is -2.17. The van der Waals surface area contributed by atoms with Crippen LogP contribution < -0.4 is 10.1 Å². The van der Waals surface area contributed by atoms with Crippen molar-refractivity contribution >= 4 is 39.9 Å². The number of halogens is 3. The zero-order chi connectivity index (χ0) is 17.2. The van der Waals surface area contributed by atoms with Crippen LogP contribution in [-0.2, 0) is 17.9 Å². The third-order valence-electron chi connectivity index (χ3n) is 3.49. The first-order valence-electron chi connectivity index (χ1n) is 8.13. The normalized spacial score (nSPS) is 10.4. The van der Waals surface area contributed by atoms with Gasteiger partial charge in [-0.15, -0.1) is 12.4 Å². The van der Waals surface area contributed by atoms with Crippen LogP contribution in [0.5, 0.6) is 5.75 Å². The van der Waals surface area contributed by atoms with Crippen LogP contribution in [0.1, 0.15) is 24.5 Å². The molecule has 25 heavy (non-hydrogen) atoms. The molecule has 0 bridgehead atoms. The Balaban J connectivity index is 0.00000312. The zero-order valence-electron chi connectivity index (χ0n) is 14.3. The molecule has 0 atom stereocenters. The number of hydrogen-bond donors (Lipinski definition) is 1. The fraction of sp³-hybridized carbons (Fsp3) is 0.368. The van der Waals surface area contributed by atoms with Gasteiger partial charge in [0.2, 0.25) is 0 Å². The number of nitrogens with one attached hydrogen (secondary N) is 1. The van der Waals surface area contributed by atoms with E-state index < -0.39 is 0 Å². The molecule has 0 amide bonds. The van der Waals surface area contributed by atoms with Crippen molar-refractivity contribution in [2.75, 3.05) is 19.8 Å². The van der Waals surface area contributed by atoms with Gasteiger partial charge in [0, 0.05) is 34.8 Å². The fourth-order valence-electron chi connectivity index (χ4n) is 2.24. The maximum atomic E-state index is 5.99. The molecule has 0 aliphatic heterocycles. The Hall–Kier alpha value is -0.780. The summed E-state index contributed by atoms with van der Waals surface area (Å²) in [4.78, 5) is 0. The number of rotatable bonds is 10. The number of ether oxygens (including phenoxy) is 2. The van der Waals surface area contributed by atoms with Gasteiger partial charge in [-0.2, -0.15) is 0 Å². The average Bonchev–Trinajstić information content (AvgIpc) is 2.58. The van der Waals surface area contributed by atoms with Crippen LogP contribution in [0.25, 0.3) is 0 Å². The molecule has 6 heteroatoms. The lowest BCUT2D eigenvalue weighted by molar-refractivity contribution is 0.144. The highest BCUT2D eigenvalue weighted by atomic mass is 79.9. The maximum Gasteiger partial charge on any atom is 0.124 e. The smallest absolute Gasteiger partial charge is 0.124 e. The minimum Gasteiger partial charge on any atom is -0.489 e. The molecule has 0 aromatic heterocycles. The lowest BCUT2D eigenvalue weighted by atomic mass is 10.2. The molecular formula is C19H24BrCl2NO2. The van der Waals surface area contributed by atoms with Crippen molar-refractivity contribution in [3.05, 3.63) is 63.1 Å². The lowest BCUT2D eigenvalue weighted by Gasteiger charge is -2.13. The first-order chi connectivity index (χ1) is 11.7. The van der Waals surface area contributed by atoms with Crippen molar-refractivity contribution in [3.63, 3.8) is 0 Å². The van der Waals surface area contributed by atoms with Crippen LogP contribution in [0.15, 0.2) is 46.9 Å². The van der Waals surface area contributed by atoms with E-state index in [1.54, 1.807) is 0 Å².